The number of nitrogens with zero attached hydrogens (tertiary/aromatic N) is 2. The summed E-state index contributed by atoms with van der Waals surface area (Å²) in [6.45, 7) is 4.87. The predicted molar refractivity (Wildman–Crippen MR) is 79.7 cm³/mol. The van der Waals surface area contributed by atoms with Crippen LogP contribution in [-0.2, 0) is 13.2 Å². The highest BCUT2D eigenvalue weighted by molar-refractivity contribution is 5.42. The zero-order valence-corrected chi connectivity index (χ0v) is 13.0. The standard InChI is InChI=1S/C15H21N3O4/c1-10(19)7-16-8-12-4-5-13(14(6-12)20-3)21-9-15-17-11(2)18-22-15/h4-6,10,16,19H,7-9H2,1-3H3. The molecule has 0 amide bonds. The van der Waals surface area contributed by atoms with E-state index in [-0.39, 0.29) is 12.7 Å². The van der Waals surface area contributed by atoms with Crippen LogP contribution in [0.15, 0.2) is 22.7 Å². The number of benzene rings is 1. The molecule has 7 nitrogen and oxygen atoms in total. The summed E-state index contributed by atoms with van der Waals surface area (Å²) in [6, 6.07) is 5.66. The first-order chi connectivity index (χ1) is 10.6. The second kappa shape index (κ2) is 7.77. The van der Waals surface area contributed by atoms with E-state index in [2.05, 4.69) is 15.5 Å². The highest BCUT2D eigenvalue weighted by atomic mass is 16.5. The van der Waals surface area contributed by atoms with E-state index in [1.54, 1.807) is 21.0 Å². The maximum atomic E-state index is 9.23. The lowest BCUT2D eigenvalue weighted by molar-refractivity contribution is 0.191. The van der Waals surface area contributed by atoms with Gasteiger partial charge in [0, 0.05) is 13.1 Å². The van der Waals surface area contributed by atoms with Crippen LogP contribution in [0.5, 0.6) is 11.5 Å². The van der Waals surface area contributed by atoms with E-state index in [0.29, 0.717) is 36.3 Å². The Morgan fingerprint density at radius 1 is 1.36 bits per heavy atom. The highest BCUT2D eigenvalue weighted by Crippen LogP contribution is 2.28. The normalized spacial score (nSPS) is 12.2. The van der Waals surface area contributed by atoms with Crippen LogP contribution >= 0.6 is 0 Å². The van der Waals surface area contributed by atoms with E-state index in [1.165, 1.54) is 0 Å². The van der Waals surface area contributed by atoms with Gasteiger partial charge in [0.15, 0.2) is 23.9 Å². The molecule has 0 spiro atoms. The molecule has 2 aromatic rings. The van der Waals surface area contributed by atoms with E-state index >= 15 is 0 Å². The van der Waals surface area contributed by atoms with Crippen molar-refractivity contribution in [2.45, 2.75) is 33.1 Å². The largest absolute Gasteiger partial charge is 0.493 e. The quantitative estimate of drug-likeness (QED) is 0.762. The molecule has 0 aliphatic heterocycles. The van der Waals surface area contributed by atoms with Gasteiger partial charge in [-0.15, -0.1) is 0 Å². The molecule has 2 N–H and O–H groups in total. The summed E-state index contributed by atoms with van der Waals surface area (Å²) in [5, 5.41) is 16.1. The molecular weight excluding hydrogens is 286 g/mol. The summed E-state index contributed by atoms with van der Waals surface area (Å²) in [4.78, 5) is 4.08. The molecule has 2 rings (SSSR count). The summed E-state index contributed by atoms with van der Waals surface area (Å²) < 4.78 is 16.0. The van der Waals surface area contributed by atoms with Gasteiger partial charge in [-0.2, -0.15) is 4.98 Å². The van der Waals surface area contributed by atoms with Crippen molar-refractivity contribution in [1.29, 1.82) is 0 Å². The Bertz CT molecular complexity index is 598. The van der Waals surface area contributed by atoms with E-state index in [9.17, 15) is 5.11 Å². The number of methoxy groups -OCH3 is 1. The molecule has 0 radical (unpaired) electrons. The van der Waals surface area contributed by atoms with Gasteiger partial charge in [0.2, 0.25) is 0 Å². The Balaban J connectivity index is 1.96. The Hall–Kier alpha value is -2.12. The second-order valence-electron chi connectivity index (χ2n) is 4.99. The fourth-order valence-electron chi connectivity index (χ4n) is 1.90. The van der Waals surface area contributed by atoms with Crippen molar-refractivity contribution in [3.8, 4) is 11.5 Å². The molecule has 22 heavy (non-hydrogen) atoms. The van der Waals surface area contributed by atoms with Gasteiger partial charge in [0.1, 0.15) is 0 Å². The van der Waals surface area contributed by atoms with Gasteiger partial charge in [-0.25, -0.2) is 0 Å². The van der Waals surface area contributed by atoms with Crippen LogP contribution in [0, 0.1) is 6.92 Å². The second-order valence-corrected chi connectivity index (χ2v) is 4.99. The lowest BCUT2D eigenvalue weighted by atomic mass is 10.2. The smallest absolute Gasteiger partial charge is 0.264 e. The molecule has 0 saturated carbocycles. The van der Waals surface area contributed by atoms with Crippen LogP contribution in [0.4, 0.5) is 0 Å². The van der Waals surface area contributed by atoms with Crippen LogP contribution in [-0.4, -0.2) is 35.0 Å². The topological polar surface area (TPSA) is 89.6 Å². The van der Waals surface area contributed by atoms with Gasteiger partial charge < -0.3 is 24.4 Å². The third-order valence-corrected chi connectivity index (χ3v) is 2.92. The SMILES string of the molecule is COc1cc(CNCC(C)O)ccc1OCc1nc(C)no1. The van der Waals surface area contributed by atoms with Crippen LogP contribution in [0.1, 0.15) is 24.2 Å². The number of hydrogen-bond donors (Lipinski definition) is 2. The van der Waals surface area contributed by atoms with E-state index in [4.69, 9.17) is 14.0 Å². The third kappa shape index (κ3) is 4.71. The molecule has 120 valence electrons. The summed E-state index contributed by atoms with van der Waals surface area (Å²) in [5.41, 5.74) is 1.04. The van der Waals surface area contributed by atoms with E-state index in [1.807, 2.05) is 18.2 Å². The molecule has 1 atom stereocenters. The van der Waals surface area contributed by atoms with E-state index in [0.717, 1.165) is 5.56 Å². The van der Waals surface area contributed by atoms with Crippen LogP contribution < -0.4 is 14.8 Å². The highest BCUT2D eigenvalue weighted by Gasteiger charge is 2.09. The maximum Gasteiger partial charge on any atom is 0.264 e. The van der Waals surface area contributed by atoms with Crippen molar-refractivity contribution in [2.24, 2.45) is 0 Å². The predicted octanol–water partition coefficient (Wildman–Crippen LogP) is 1.44. The molecule has 0 bridgehead atoms. The first-order valence-corrected chi connectivity index (χ1v) is 7.06. The van der Waals surface area contributed by atoms with Crippen molar-refractivity contribution < 1.29 is 19.1 Å². The van der Waals surface area contributed by atoms with Crippen molar-refractivity contribution in [3.05, 3.63) is 35.5 Å². The lowest BCUT2D eigenvalue weighted by Gasteiger charge is -2.12. The Morgan fingerprint density at radius 3 is 2.82 bits per heavy atom. The maximum absolute atomic E-state index is 9.23. The number of aryl methyl sites for hydroxylation is 1. The summed E-state index contributed by atoms with van der Waals surface area (Å²) in [5.74, 6) is 2.23. The number of aromatic nitrogens is 2. The Morgan fingerprint density at radius 2 is 2.18 bits per heavy atom. The van der Waals surface area contributed by atoms with Crippen molar-refractivity contribution in [2.75, 3.05) is 13.7 Å². The van der Waals surface area contributed by atoms with Crippen LogP contribution in [0.3, 0.4) is 0 Å². The van der Waals surface area contributed by atoms with E-state index < -0.39 is 0 Å². The number of aliphatic hydroxyl groups is 1. The molecule has 0 aliphatic carbocycles. The molecule has 0 fully saturated rings. The number of ether oxygens (including phenoxy) is 2. The van der Waals surface area contributed by atoms with Gasteiger partial charge in [0.05, 0.1) is 13.2 Å². The first-order valence-electron chi connectivity index (χ1n) is 7.06. The average Bonchev–Trinajstić information content (AvgIpc) is 2.91. The van der Waals surface area contributed by atoms with Crippen LogP contribution in [0.2, 0.25) is 0 Å². The third-order valence-electron chi connectivity index (χ3n) is 2.92. The van der Waals surface area contributed by atoms with Gasteiger partial charge in [-0.1, -0.05) is 11.2 Å². The number of hydrogen-bond acceptors (Lipinski definition) is 7. The molecule has 7 heteroatoms. The molecule has 1 unspecified atom stereocenters. The molecular formula is C15H21N3O4. The fraction of sp³-hybridized carbons (Fsp3) is 0.467. The molecule has 1 aromatic carbocycles. The number of aliphatic hydroxyl groups excluding tert-OH is 1. The fourth-order valence-corrected chi connectivity index (χ4v) is 1.90. The van der Waals surface area contributed by atoms with Crippen molar-refractivity contribution in [3.63, 3.8) is 0 Å². The molecule has 1 aromatic heterocycles. The minimum absolute atomic E-state index is 0.191. The van der Waals surface area contributed by atoms with Gasteiger partial charge >= 0.3 is 0 Å². The lowest BCUT2D eigenvalue weighted by Crippen LogP contribution is -2.23. The zero-order chi connectivity index (χ0) is 15.9. The molecule has 1 heterocycles. The van der Waals surface area contributed by atoms with Crippen molar-refractivity contribution >= 4 is 0 Å². The van der Waals surface area contributed by atoms with Gasteiger partial charge in [-0.05, 0) is 31.5 Å². The average molecular weight is 307 g/mol. The van der Waals surface area contributed by atoms with Gasteiger partial charge in [0.25, 0.3) is 5.89 Å². The number of rotatable bonds is 8. The summed E-state index contributed by atoms with van der Waals surface area (Å²) in [6.07, 6.45) is -0.373. The zero-order valence-electron chi connectivity index (χ0n) is 13.0. The molecule has 0 saturated heterocycles. The Labute approximate surface area is 129 Å². The monoisotopic (exact) mass is 307 g/mol. The van der Waals surface area contributed by atoms with Crippen molar-refractivity contribution in [1.82, 2.24) is 15.5 Å². The minimum atomic E-state index is -0.373. The minimum Gasteiger partial charge on any atom is -0.493 e. The molecule has 0 aliphatic rings. The van der Waals surface area contributed by atoms with Gasteiger partial charge in [-0.3, -0.25) is 0 Å². The Kier molecular flexibility index (Phi) is 5.74. The first kappa shape index (κ1) is 16.3. The summed E-state index contributed by atoms with van der Waals surface area (Å²) in [7, 11) is 1.59. The summed E-state index contributed by atoms with van der Waals surface area (Å²) >= 11 is 0. The number of nitrogens with one attached hydrogen (secondary N) is 1. The van der Waals surface area contributed by atoms with Crippen LogP contribution in [0.25, 0.3) is 0 Å².